The molecule has 0 saturated carbocycles. The molecule has 0 spiro atoms. The predicted octanol–water partition coefficient (Wildman–Crippen LogP) is 4.23. The molecule has 2 heterocycles. The average molecular weight is 396 g/mol. The molecule has 0 aliphatic carbocycles. The van der Waals surface area contributed by atoms with Gasteiger partial charge in [0.25, 0.3) is 0 Å². The molecule has 0 radical (unpaired) electrons. The molecule has 4 nitrogen and oxygen atoms in total. The molecule has 3 rings (SSSR count). The van der Waals surface area contributed by atoms with E-state index in [1.54, 1.807) is 22.7 Å². The first-order valence-corrected chi connectivity index (χ1v) is 9.57. The molecule has 0 aliphatic rings. The highest BCUT2D eigenvalue weighted by Crippen LogP contribution is 2.30. The molecular weight excluding hydrogens is 374 g/mol. The van der Waals surface area contributed by atoms with Crippen molar-refractivity contribution in [1.29, 1.82) is 0 Å². The van der Waals surface area contributed by atoms with E-state index in [1.807, 2.05) is 42.6 Å². The maximum Gasteiger partial charge on any atom is 0.234 e. The van der Waals surface area contributed by atoms with Crippen molar-refractivity contribution in [2.24, 2.45) is 0 Å². The van der Waals surface area contributed by atoms with Crippen LogP contribution in [0, 0.1) is 6.92 Å². The van der Waals surface area contributed by atoms with Crippen molar-refractivity contribution in [2.75, 3.05) is 32.1 Å². The molecular formula is C18H22ClN3OS2. The molecule has 0 aliphatic heterocycles. The molecule has 134 valence electrons. The lowest BCUT2D eigenvalue weighted by Gasteiger charge is -2.21. The predicted molar refractivity (Wildman–Crippen MR) is 111 cm³/mol. The van der Waals surface area contributed by atoms with E-state index < -0.39 is 0 Å². The highest BCUT2D eigenvalue weighted by Gasteiger charge is 2.20. The highest BCUT2D eigenvalue weighted by atomic mass is 35.5. The Balaban J connectivity index is 0.00000225. The van der Waals surface area contributed by atoms with Crippen molar-refractivity contribution < 1.29 is 4.79 Å². The van der Waals surface area contributed by atoms with Crippen LogP contribution in [-0.2, 0) is 11.2 Å². The van der Waals surface area contributed by atoms with Crippen LogP contribution in [0.1, 0.15) is 10.4 Å². The van der Waals surface area contributed by atoms with Gasteiger partial charge in [0.15, 0.2) is 5.13 Å². The Labute approximate surface area is 162 Å². The van der Waals surface area contributed by atoms with Crippen molar-refractivity contribution in [1.82, 2.24) is 9.88 Å². The summed E-state index contributed by atoms with van der Waals surface area (Å²) in [6, 6.07) is 10.2. The van der Waals surface area contributed by atoms with Gasteiger partial charge in [0, 0.05) is 18.0 Å². The number of fused-ring (bicyclic) bond motifs is 1. The molecule has 0 unspecified atom stereocenters. The van der Waals surface area contributed by atoms with Crippen LogP contribution >= 0.6 is 35.1 Å². The Bertz CT molecular complexity index is 830. The number of amides is 1. The number of thiazole rings is 1. The van der Waals surface area contributed by atoms with Gasteiger partial charge in [-0.05, 0) is 50.2 Å². The summed E-state index contributed by atoms with van der Waals surface area (Å²) in [6.45, 7) is 3.53. The minimum Gasteiger partial charge on any atom is -0.308 e. The number of rotatable bonds is 6. The number of aryl methyl sites for hydroxylation is 1. The zero-order valence-electron chi connectivity index (χ0n) is 14.6. The fourth-order valence-corrected chi connectivity index (χ4v) is 4.22. The van der Waals surface area contributed by atoms with Crippen molar-refractivity contribution in [2.45, 2.75) is 13.3 Å². The van der Waals surface area contributed by atoms with Crippen molar-refractivity contribution in [3.05, 3.63) is 46.2 Å². The average Bonchev–Trinajstić information content (AvgIpc) is 3.16. The van der Waals surface area contributed by atoms with Gasteiger partial charge in [-0.15, -0.1) is 23.7 Å². The maximum absolute atomic E-state index is 12.8. The number of aromatic nitrogens is 1. The Kier molecular flexibility index (Phi) is 6.95. The minimum atomic E-state index is 0. The molecule has 1 aromatic carbocycles. The number of hydrogen-bond donors (Lipinski definition) is 0. The van der Waals surface area contributed by atoms with E-state index in [2.05, 4.69) is 24.0 Å². The molecule has 0 bridgehead atoms. The normalized spacial score (nSPS) is 10.9. The number of carbonyl (C=O) groups is 1. The number of nitrogens with zero attached hydrogens (tertiary/aromatic N) is 3. The summed E-state index contributed by atoms with van der Waals surface area (Å²) in [5, 5.41) is 2.80. The third kappa shape index (κ3) is 5.01. The van der Waals surface area contributed by atoms with E-state index in [1.165, 1.54) is 5.56 Å². The van der Waals surface area contributed by atoms with Gasteiger partial charge in [0.2, 0.25) is 5.91 Å². The molecule has 1 amide bonds. The van der Waals surface area contributed by atoms with Crippen LogP contribution < -0.4 is 4.90 Å². The van der Waals surface area contributed by atoms with Gasteiger partial charge in [0.1, 0.15) is 0 Å². The molecule has 2 aromatic heterocycles. The summed E-state index contributed by atoms with van der Waals surface area (Å²) < 4.78 is 1.13. The number of benzene rings is 1. The topological polar surface area (TPSA) is 36.4 Å². The van der Waals surface area contributed by atoms with Gasteiger partial charge < -0.3 is 4.90 Å². The van der Waals surface area contributed by atoms with E-state index in [9.17, 15) is 4.79 Å². The first-order chi connectivity index (χ1) is 11.5. The third-order valence-corrected chi connectivity index (χ3v) is 5.66. The van der Waals surface area contributed by atoms with Gasteiger partial charge in [-0.3, -0.25) is 9.69 Å². The Morgan fingerprint density at radius 3 is 2.68 bits per heavy atom. The summed E-state index contributed by atoms with van der Waals surface area (Å²) in [5.74, 6) is 0.107. The summed E-state index contributed by atoms with van der Waals surface area (Å²) in [5.41, 5.74) is 2.17. The summed E-state index contributed by atoms with van der Waals surface area (Å²) in [4.78, 5) is 22.5. The number of carbonyl (C=O) groups excluding carboxylic acids is 1. The van der Waals surface area contributed by atoms with Gasteiger partial charge in [0.05, 0.1) is 16.6 Å². The quantitative estimate of drug-likeness (QED) is 0.626. The zero-order chi connectivity index (χ0) is 17.1. The van der Waals surface area contributed by atoms with E-state index in [0.717, 1.165) is 26.8 Å². The number of likely N-dealkylation sites (N-methyl/N-ethyl adjacent to an activating group) is 1. The van der Waals surface area contributed by atoms with Crippen LogP contribution in [0.15, 0.2) is 35.7 Å². The fourth-order valence-electron chi connectivity index (χ4n) is 2.42. The maximum atomic E-state index is 12.8. The van der Waals surface area contributed by atoms with Crippen LogP contribution in [0.3, 0.4) is 0 Å². The Morgan fingerprint density at radius 1 is 1.20 bits per heavy atom. The Morgan fingerprint density at radius 2 is 2.00 bits per heavy atom. The van der Waals surface area contributed by atoms with Gasteiger partial charge in [-0.25, -0.2) is 4.98 Å². The molecule has 3 aromatic rings. The molecule has 0 atom stereocenters. The Hall–Kier alpha value is -1.47. The van der Waals surface area contributed by atoms with Gasteiger partial charge in [-0.2, -0.15) is 0 Å². The van der Waals surface area contributed by atoms with E-state index >= 15 is 0 Å². The van der Waals surface area contributed by atoms with Crippen LogP contribution in [0.25, 0.3) is 10.2 Å². The highest BCUT2D eigenvalue weighted by molar-refractivity contribution is 7.22. The summed E-state index contributed by atoms with van der Waals surface area (Å²) >= 11 is 3.21. The van der Waals surface area contributed by atoms with Crippen LogP contribution in [0.5, 0.6) is 0 Å². The molecule has 25 heavy (non-hydrogen) atoms. The summed E-state index contributed by atoms with van der Waals surface area (Å²) in [6.07, 6.45) is 0.431. The second-order valence-corrected chi connectivity index (χ2v) is 8.11. The number of halogens is 1. The lowest BCUT2D eigenvalue weighted by Crippen LogP contribution is -2.37. The molecule has 7 heteroatoms. The van der Waals surface area contributed by atoms with E-state index in [0.29, 0.717) is 13.0 Å². The lowest BCUT2D eigenvalue weighted by molar-refractivity contribution is -0.118. The minimum absolute atomic E-state index is 0. The van der Waals surface area contributed by atoms with Gasteiger partial charge >= 0.3 is 0 Å². The molecule has 0 N–H and O–H groups in total. The van der Waals surface area contributed by atoms with Crippen molar-refractivity contribution in [3.8, 4) is 0 Å². The standard InChI is InChI=1S/C18H21N3OS2.ClH/c1-13-6-7-15-16(11-13)24-18(19-15)21(9-8-20(2)3)17(22)12-14-5-4-10-23-14;/h4-7,10-11H,8-9,12H2,1-3H3;1H. The van der Waals surface area contributed by atoms with Crippen molar-refractivity contribution in [3.63, 3.8) is 0 Å². The molecule has 0 saturated heterocycles. The van der Waals surface area contributed by atoms with Crippen LogP contribution in [0.4, 0.5) is 5.13 Å². The summed E-state index contributed by atoms with van der Waals surface area (Å²) in [7, 11) is 4.03. The van der Waals surface area contributed by atoms with Crippen LogP contribution in [0.2, 0.25) is 0 Å². The second kappa shape index (κ2) is 8.76. The van der Waals surface area contributed by atoms with Crippen LogP contribution in [-0.4, -0.2) is 43.0 Å². The number of hydrogen-bond acceptors (Lipinski definition) is 5. The SMILES string of the molecule is Cc1ccc2nc(N(CCN(C)C)C(=O)Cc3cccs3)sc2c1.Cl. The van der Waals surface area contributed by atoms with E-state index in [4.69, 9.17) is 4.98 Å². The fraction of sp³-hybridized carbons (Fsp3) is 0.333. The van der Waals surface area contributed by atoms with Gasteiger partial charge in [-0.1, -0.05) is 23.5 Å². The molecule has 0 fully saturated rings. The van der Waals surface area contributed by atoms with E-state index in [-0.39, 0.29) is 18.3 Å². The zero-order valence-corrected chi connectivity index (χ0v) is 17.0. The third-order valence-electron chi connectivity index (χ3n) is 3.74. The first kappa shape index (κ1) is 19.8. The number of thiophene rings is 1. The van der Waals surface area contributed by atoms with Crippen molar-refractivity contribution >= 4 is 56.3 Å². The second-order valence-electron chi connectivity index (χ2n) is 6.07. The smallest absolute Gasteiger partial charge is 0.234 e. The largest absolute Gasteiger partial charge is 0.308 e. The first-order valence-electron chi connectivity index (χ1n) is 7.87. The monoisotopic (exact) mass is 395 g/mol. The number of anilines is 1. The lowest BCUT2D eigenvalue weighted by atomic mass is 10.2.